The van der Waals surface area contributed by atoms with Gasteiger partial charge in [0.1, 0.15) is 18.1 Å². The van der Waals surface area contributed by atoms with Crippen LogP contribution in [0.5, 0.6) is 0 Å². The van der Waals surface area contributed by atoms with Crippen LogP contribution >= 0.6 is 11.8 Å². The van der Waals surface area contributed by atoms with E-state index >= 15 is 0 Å². The van der Waals surface area contributed by atoms with Crippen molar-refractivity contribution in [2.45, 2.75) is 6.42 Å². The molecule has 0 unspecified atom stereocenters. The van der Waals surface area contributed by atoms with Gasteiger partial charge in [-0.1, -0.05) is 30.0 Å². The quantitative estimate of drug-likeness (QED) is 0.840. The van der Waals surface area contributed by atoms with Gasteiger partial charge in [0.25, 0.3) is 0 Å². The highest BCUT2D eigenvalue weighted by Gasteiger charge is 2.30. The fraction of sp³-hybridized carbons (Fsp3) is 0.167. The summed E-state index contributed by atoms with van der Waals surface area (Å²) in [4.78, 5) is 12.6. The normalized spacial score (nSPS) is 22.0. The van der Waals surface area contributed by atoms with Gasteiger partial charge < -0.3 is 14.6 Å². The molecule has 0 amide bonds. The number of ether oxygens (including phenoxy) is 2. The van der Waals surface area contributed by atoms with E-state index in [2.05, 4.69) is 18.2 Å². The van der Waals surface area contributed by atoms with Crippen LogP contribution in [-0.2, 0) is 14.3 Å². The molecule has 4 nitrogen and oxygen atoms in total. The van der Waals surface area contributed by atoms with E-state index in [1.807, 2.05) is 12.2 Å². The van der Waals surface area contributed by atoms with Gasteiger partial charge in [-0.3, -0.25) is 0 Å². The summed E-state index contributed by atoms with van der Waals surface area (Å²) in [7, 11) is 1.63. The Labute approximate surface area is 137 Å². The van der Waals surface area contributed by atoms with E-state index in [-0.39, 0.29) is 0 Å². The maximum absolute atomic E-state index is 11.3. The lowest BCUT2D eigenvalue weighted by molar-refractivity contribution is -0.131. The Bertz CT molecular complexity index is 831. The predicted molar refractivity (Wildman–Crippen MR) is 88.3 cm³/mol. The molecule has 0 saturated heterocycles. The number of carboxylic acids is 1. The highest BCUT2D eigenvalue weighted by molar-refractivity contribution is 8.07. The second-order valence-electron chi connectivity index (χ2n) is 5.43. The fourth-order valence-electron chi connectivity index (χ4n) is 2.94. The molecule has 0 radical (unpaired) electrons. The minimum absolute atomic E-state index is 0.338. The molecule has 0 aromatic rings. The lowest BCUT2D eigenvalue weighted by atomic mass is 10.1. The summed E-state index contributed by atoms with van der Waals surface area (Å²) < 4.78 is 11.1. The molecule has 0 bridgehead atoms. The van der Waals surface area contributed by atoms with Crippen LogP contribution in [0.25, 0.3) is 0 Å². The van der Waals surface area contributed by atoms with E-state index in [0.29, 0.717) is 11.5 Å². The first-order valence-corrected chi connectivity index (χ1v) is 8.06. The van der Waals surface area contributed by atoms with Crippen molar-refractivity contribution in [2.75, 3.05) is 13.7 Å². The van der Waals surface area contributed by atoms with Gasteiger partial charge in [0.05, 0.1) is 12.0 Å². The van der Waals surface area contributed by atoms with Gasteiger partial charge in [0.15, 0.2) is 0 Å². The lowest BCUT2D eigenvalue weighted by Crippen LogP contribution is -2.08. The molecule has 4 rings (SSSR count). The van der Waals surface area contributed by atoms with Crippen molar-refractivity contribution >= 4 is 17.7 Å². The number of carbonyl (C=O) groups is 1. The highest BCUT2D eigenvalue weighted by Crippen LogP contribution is 2.47. The molecule has 0 atom stereocenters. The Balaban J connectivity index is 1.87. The first-order valence-electron chi connectivity index (χ1n) is 7.24. The van der Waals surface area contributed by atoms with Crippen molar-refractivity contribution in [1.29, 1.82) is 0 Å². The Kier molecular flexibility index (Phi) is 3.31. The van der Waals surface area contributed by atoms with Gasteiger partial charge in [-0.25, -0.2) is 4.79 Å². The maximum atomic E-state index is 11.3. The Morgan fingerprint density at radius 1 is 1.30 bits per heavy atom. The van der Waals surface area contributed by atoms with Crippen LogP contribution < -0.4 is 0 Å². The molecule has 116 valence electrons. The van der Waals surface area contributed by atoms with Crippen molar-refractivity contribution in [3.8, 4) is 0 Å². The third kappa shape index (κ3) is 2.28. The van der Waals surface area contributed by atoms with Gasteiger partial charge in [0.2, 0.25) is 0 Å². The molecule has 0 spiro atoms. The zero-order valence-electron chi connectivity index (χ0n) is 12.5. The van der Waals surface area contributed by atoms with Crippen LogP contribution in [0.4, 0.5) is 0 Å². The summed E-state index contributed by atoms with van der Waals surface area (Å²) in [6, 6.07) is 0. The average molecular weight is 326 g/mol. The zero-order valence-corrected chi connectivity index (χ0v) is 13.3. The molecule has 2 heterocycles. The van der Waals surface area contributed by atoms with Crippen molar-refractivity contribution < 1.29 is 19.4 Å². The van der Waals surface area contributed by atoms with E-state index in [4.69, 9.17) is 9.47 Å². The van der Waals surface area contributed by atoms with Gasteiger partial charge in [-0.15, -0.1) is 0 Å². The van der Waals surface area contributed by atoms with Crippen LogP contribution in [0.15, 0.2) is 80.1 Å². The zero-order chi connectivity index (χ0) is 16.0. The molecular formula is C18H14O4S. The molecule has 5 heteroatoms. The highest BCUT2D eigenvalue weighted by atomic mass is 32.2. The maximum Gasteiger partial charge on any atom is 0.342 e. The van der Waals surface area contributed by atoms with Crippen LogP contribution in [0.1, 0.15) is 6.42 Å². The molecule has 0 aromatic heterocycles. The second kappa shape index (κ2) is 5.35. The number of allylic oxidation sites excluding steroid dienone is 9. The molecule has 0 saturated carbocycles. The number of hydrogen-bond acceptors (Lipinski definition) is 4. The summed E-state index contributed by atoms with van der Waals surface area (Å²) in [5, 5.41) is 9.28. The van der Waals surface area contributed by atoms with Gasteiger partial charge in [-0.2, -0.15) is 0 Å². The molecule has 0 fully saturated rings. The topological polar surface area (TPSA) is 55.8 Å². The molecule has 1 N–H and O–H groups in total. The Hall–Kier alpha value is -2.40. The van der Waals surface area contributed by atoms with Crippen LogP contribution in [0.2, 0.25) is 0 Å². The number of carboxylic acid groups (broad SMARTS) is 1. The lowest BCUT2D eigenvalue weighted by Gasteiger charge is -2.18. The number of thioether (sulfide) groups is 1. The summed E-state index contributed by atoms with van der Waals surface area (Å²) in [5.41, 5.74) is 4.15. The van der Waals surface area contributed by atoms with Crippen LogP contribution in [0.3, 0.4) is 0 Å². The minimum Gasteiger partial charge on any atom is -0.497 e. The minimum atomic E-state index is -0.898. The first kappa shape index (κ1) is 14.2. The average Bonchev–Trinajstić information content (AvgIpc) is 2.82. The smallest absolute Gasteiger partial charge is 0.342 e. The van der Waals surface area contributed by atoms with Gasteiger partial charge >= 0.3 is 5.97 Å². The SMILES string of the molecule is COC1=CC2=CC3=C4SC(C(=O)O)=CC=C4CC=CC3=C2OC1. The largest absolute Gasteiger partial charge is 0.497 e. The second-order valence-corrected chi connectivity index (χ2v) is 6.48. The van der Waals surface area contributed by atoms with Crippen molar-refractivity contribution in [3.63, 3.8) is 0 Å². The van der Waals surface area contributed by atoms with Crippen molar-refractivity contribution in [1.82, 2.24) is 0 Å². The van der Waals surface area contributed by atoms with Gasteiger partial charge in [-0.05, 0) is 30.2 Å². The van der Waals surface area contributed by atoms with E-state index in [1.165, 1.54) is 11.8 Å². The van der Waals surface area contributed by atoms with Crippen LogP contribution in [0, 0.1) is 0 Å². The number of hydrogen-bond donors (Lipinski definition) is 1. The summed E-state index contributed by atoms with van der Waals surface area (Å²) >= 11 is 1.31. The number of aliphatic carboxylic acids is 1. The summed E-state index contributed by atoms with van der Waals surface area (Å²) in [5.74, 6) is 0.730. The molecule has 0 aromatic carbocycles. The molecular weight excluding hydrogens is 312 g/mol. The predicted octanol–water partition coefficient (Wildman–Crippen LogP) is 3.60. The van der Waals surface area contributed by atoms with Crippen molar-refractivity contribution in [3.05, 3.63) is 80.1 Å². The third-order valence-electron chi connectivity index (χ3n) is 4.05. The standard InChI is InChI=1S/C18H14O4S/c1-21-12-7-11-8-14-13(16(11)22-9-12)4-2-3-10-5-6-15(18(19)20)23-17(10)14/h2,4-8H,3,9H2,1H3,(H,19,20). The molecule has 4 aliphatic rings. The van der Waals surface area contributed by atoms with E-state index in [0.717, 1.165) is 45.1 Å². The monoisotopic (exact) mass is 326 g/mol. The first-order chi connectivity index (χ1) is 11.2. The van der Waals surface area contributed by atoms with E-state index in [1.54, 1.807) is 13.2 Å². The number of rotatable bonds is 2. The van der Waals surface area contributed by atoms with E-state index < -0.39 is 5.97 Å². The van der Waals surface area contributed by atoms with Gasteiger partial charge in [0, 0.05) is 21.6 Å². The summed E-state index contributed by atoms with van der Waals surface area (Å²) in [6.45, 7) is 0.416. The summed E-state index contributed by atoms with van der Waals surface area (Å²) in [6.07, 6.45) is 12.6. The van der Waals surface area contributed by atoms with Crippen molar-refractivity contribution in [2.24, 2.45) is 0 Å². The molecule has 23 heavy (non-hydrogen) atoms. The third-order valence-corrected chi connectivity index (χ3v) is 5.27. The van der Waals surface area contributed by atoms with E-state index in [9.17, 15) is 9.90 Å². The molecule has 2 aliphatic carbocycles. The number of methoxy groups -OCH3 is 1. The fourth-order valence-corrected chi connectivity index (χ4v) is 3.95. The number of fused-ring (bicyclic) bond motifs is 3. The Morgan fingerprint density at radius 2 is 2.17 bits per heavy atom. The molecule has 2 aliphatic heterocycles. The Morgan fingerprint density at radius 3 is 2.96 bits per heavy atom. The van der Waals surface area contributed by atoms with Crippen LogP contribution in [-0.4, -0.2) is 24.8 Å².